The molecule has 0 spiro atoms. The molecule has 2 nitrogen and oxygen atoms in total. The zero-order chi connectivity index (χ0) is 13.0. The first-order valence-electron chi connectivity index (χ1n) is 6.56. The molecule has 0 bridgehead atoms. The fraction of sp³-hybridized carbons (Fsp3) is 0.571. The average molecular weight is 315 g/mol. The lowest BCUT2D eigenvalue weighted by atomic mass is 10.0. The van der Waals surface area contributed by atoms with Crippen LogP contribution in [0.1, 0.15) is 25.7 Å². The van der Waals surface area contributed by atoms with Crippen LogP contribution in [-0.2, 0) is 0 Å². The van der Waals surface area contributed by atoms with E-state index < -0.39 is 0 Å². The molecule has 1 aliphatic rings. The molecule has 1 aromatic rings. The zero-order valence-corrected chi connectivity index (χ0v) is 12.3. The summed E-state index contributed by atoms with van der Waals surface area (Å²) in [4.78, 5) is 2.45. The molecule has 1 N–H and O–H groups in total. The van der Waals surface area contributed by atoms with Gasteiger partial charge < -0.3 is 10.2 Å². The van der Waals surface area contributed by atoms with Crippen molar-refractivity contribution in [2.45, 2.75) is 31.7 Å². The molecule has 1 unspecified atom stereocenters. The van der Waals surface area contributed by atoms with Crippen molar-refractivity contribution in [3.05, 3.63) is 28.5 Å². The zero-order valence-electron chi connectivity index (χ0n) is 10.8. The van der Waals surface area contributed by atoms with Gasteiger partial charge in [-0.3, -0.25) is 0 Å². The van der Waals surface area contributed by atoms with Crippen LogP contribution in [0, 0.1) is 5.82 Å². The van der Waals surface area contributed by atoms with Crippen LogP contribution in [0.4, 0.5) is 10.1 Å². The number of benzene rings is 1. The number of anilines is 1. The minimum atomic E-state index is -0.215. The van der Waals surface area contributed by atoms with Crippen molar-refractivity contribution in [2.24, 2.45) is 0 Å². The van der Waals surface area contributed by atoms with Gasteiger partial charge in [0.05, 0.1) is 4.47 Å². The van der Waals surface area contributed by atoms with E-state index in [0.29, 0.717) is 10.5 Å². The number of nitrogens with one attached hydrogen (secondary N) is 1. The highest BCUT2D eigenvalue weighted by Crippen LogP contribution is 2.21. The lowest BCUT2D eigenvalue weighted by molar-refractivity contribution is 0.179. The van der Waals surface area contributed by atoms with E-state index in [-0.39, 0.29) is 5.82 Å². The molecule has 0 aliphatic carbocycles. The molecule has 4 heteroatoms. The van der Waals surface area contributed by atoms with E-state index in [9.17, 15) is 4.39 Å². The van der Waals surface area contributed by atoms with Crippen LogP contribution >= 0.6 is 15.9 Å². The summed E-state index contributed by atoms with van der Waals surface area (Å²) >= 11 is 3.20. The number of nitrogens with zero attached hydrogens (tertiary/aromatic N) is 1. The predicted octanol–water partition coefficient (Wildman–Crippen LogP) is 3.87. The number of hydrogen-bond donors (Lipinski definition) is 1. The molecule has 1 fully saturated rings. The first-order chi connectivity index (χ1) is 8.66. The van der Waals surface area contributed by atoms with Gasteiger partial charge in [-0.25, -0.2) is 4.39 Å². The normalized spacial score (nSPS) is 20.9. The molecule has 0 radical (unpaired) electrons. The van der Waals surface area contributed by atoms with Crippen molar-refractivity contribution in [3.8, 4) is 0 Å². The second-order valence-corrected chi connectivity index (χ2v) is 5.83. The summed E-state index contributed by atoms with van der Waals surface area (Å²) in [6.45, 7) is 2.15. The molecule has 1 atom stereocenters. The summed E-state index contributed by atoms with van der Waals surface area (Å²) in [5.41, 5.74) is 0.974. The topological polar surface area (TPSA) is 15.3 Å². The summed E-state index contributed by atoms with van der Waals surface area (Å²) in [7, 11) is 2.21. The van der Waals surface area contributed by atoms with Crippen LogP contribution in [0.15, 0.2) is 22.7 Å². The molecular formula is C14H20BrFN2. The quantitative estimate of drug-likeness (QED) is 0.907. The minimum absolute atomic E-state index is 0.215. The van der Waals surface area contributed by atoms with Crippen molar-refractivity contribution < 1.29 is 4.39 Å². The Kier molecular flexibility index (Phi) is 5.01. The van der Waals surface area contributed by atoms with Gasteiger partial charge in [0.2, 0.25) is 0 Å². The van der Waals surface area contributed by atoms with E-state index in [1.54, 1.807) is 12.1 Å². The van der Waals surface area contributed by atoms with Crippen LogP contribution in [0.2, 0.25) is 0 Å². The molecule has 1 saturated heterocycles. The minimum Gasteiger partial charge on any atom is -0.385 e. The Morgan fingerprint density at radius 2 is 2.28 bits per heavy atom. The molecule has 0 amide bonds. The Labute approximate surface area is 117 Å². The Morgan fingerprint density at radius 1 is 1.44 bits per heavy atom. The van der Waals surface area contributed by atoms with Crippen LogP contribution < -0.4 is 5.32 Å². The van der Waals surface area contributed by atoms with E-state index >= 15 is 0 Å². The van der Waals surface area contributed by atoms with Gasteiger partial charge in [-0.1, -0.05) is 6.42 Å². The lowest BCUT2D eigenvalue weighted by Gasteiger charge is -2.32. The van der Waals surface area contributed by atoms with Gasteiger partial charge in [0, 0.05) is 18.3 Å². The third-order valence-electron chi connectivity index (χ3n) is 3.65. The third-order valence-corrected chi connectivity index (χ3v) is 4.26. The Morgan fingerprint density at radius 3 is 3.00 bits per heavy atom. The van der Waals surface area contributed by atoms with Crippen LogP contribution in [0.5, 0.6) is 0 Å². The van der Waals surface area contributed by atoms with E-state index in [0.717, 1.165) is 18.7 Å². The summed E-state index contributed by atoms with van der Waals surface area (Å²) in [5.74, 6) is -0.215. The second kappa shape index (κ2) is 6.53. The predicted molar refractivity (Wildman–Crippen MR) is 77.5 cm³/mol. The van der Waals surface area contributed by atoms with Crippen molar-refractivity contribution in [1.82, 2.24) is 4.90 Å². The fourth-order valence-electron chi connectivity index (χ4n) is 2.50. The Bertz CT molecular complexity index is 397. The van der Waals surface area contributed by atoms with Crippen LogP contribution in [0.3, 0.4) is 0 Å². The molecule has 18 heavy (non-hydrogen) atoms. The van der Waals surface area contributed by atoms with Gasteiger partial charge >= 0.3 is 0 Å². The molecule has 100 valence electrons. The Hall–Kier alpha value is -0.610. The number of halogens is 2. The average Bonchev–Trinajstić information content (AvgIpc) is 2.36. The van der Waals surface area contributed by atoms with Crippen molar-refractivity contribution >= 4 is 21.6 Å². The highest BCUT2D eigenvalue weighted by molar-refractivity contribution is 9.10. The first-order valence-corrected chi connectivity index (χ1v) is 7.35. The molecule has 1 aliphatic heterocycles. The number of hydrogen-bond acceptors (Lipinski definition) is 2. The molecule has 2 rings (SSSR count). The second-order valence-electron chi connectivity index (χ2n) is 4.97. The van der Waals surface area contributed by atoms with Crippen molar-refractivity contribution in [2.75, 3.05) is 25.5 Å². The highest BCUT2D eigenvalue weighted by Gasteiger charge is 2.17. The number of likely N-dealkylation sites (tertiary alicyclic amines) is 1. The summed E-state index contributed by atoms with van der Waals surface area (Å²) < 4.78 is 13.6. The summed E-state index contributed by atoms with van der Waals surface area (Å²) in [6.07, 6.45) is 5.11. The monoisotopic (exact) mass is 314 g/mol. The molecule has 0 aromatic heterocycles. The van der Waals surface area contributed by atoms with Gasteiger partial charge in [0.25, 0.3) is 0 Å². The standard InChI is InChI=1S/C14H20BrFN2/c1-18-9-3-2-4-12(18)7-8-17-11-5-6-14(16)13(15)10-11/h5-6,10,12,17H,2-4,7-9H2,1H3. The lowest BCUT2D eigenvalue weighted by Crippen LogP contribution is -2.37. The molecular weight excluding hydrogens is 295 g/mol. The maximum Gasteiger partial charge on any atom is 0.137 e. The van der Waals surface area contributed by atoms with Crippen molar-refractivity contribution in [1.29, 1.82) is 0 Å². The molecule has 1 aromatic carbocycles. The first kappa shape index (κ1) is 13.8. The van der Waals surface area contributed by atoms with Gasteiger partial charge in [0.1, 0.15) is 5.82 Å². The third kappa shape index (κ3) is 3.69. The largest absolute Gasteiger partial charge is 0.385 e. The van der Waals surface area contributed by atoms with Gasteiger partial charge in [0.15, 0.2) is 0 Å². The number of piperidine rings is 1. The fourth-order valence-corrected chi connectivity index (χ4v) is 2.88. The summed E-state index contributed by atoms with van der Waals surface area (Å²) in [5, 5.41) is 3.36. The van der Waals surface area contributed by atoms with Gasteiger partial charge in [-0.05, 0) is 67.0 Å². The van der Waals surface area contributed by atoms with E-state index in [1.165, 1.54) is 31.9 Å². The Balaban J connectivity index is 1.79. The summed E-state index contributed by atoms with van der Waals surface area (Å²) in [6, 6.07) is 5.75. The van der Waals surface area contributed by atoms with E-state index in [2.05, 4.69) is 33.2 Å². The molecule has 1 heterocycles. The van der Waals surface area contributed by atoms with Crippen LogP contribution in [-0.4, -0.2) is 31.1 Å². The van der Waals surface area contributed by atoms with E-state index in [4.69, 9.17) is 0 Å². The van der Waals surface area contributed by atoms with E-state index in [1.807, 2.05) is 0 Å². The smallest absolute Gasteiger partial charge is 0.137 e. The van der Waals surface area contributed by atoms with Crippen LogP contribution in [0.25, 0.3) is 0 Å². The van der Waals surface area contributed by atoms with Gasteiger partial charge in [-0.2, -0.15) is 0 Å². The SMILES string of the molecule is CN1CCCCC1CCNc1ccc(F)c(Br)c1. The maximum atomic E-state index is 13.1. The maximum absolute atomic E-state index is 13.1. The van der Waals surface area contributed by atoms with Crippen molar-refractivity contribution in [3.63, 3.8) is 0 Å². The number of rotatable bonds is 4. The molecule has 0 saturated carbocycles. The highest BCUT2D eigenvalue weighted by atomic mass is 79.9. The van der Waals surface area contributed by atoms with Gasteiger partial charge in [-0.15, -0.1) is 0 Å².